The number of hydrogen-bond acceptors (Lipinski definition) is 2. The van der Waals surface area contributed by atoms with Crippen molar-refractivity contribution in [2.45, 2.75) is 19.5 Å². The van der Waals surface area contributed by atoms with E-state index in [1.807, 2.05) is 13.0 Å². The second kappa shape index (κ2) is 6.74. The molecule has 0 spiro atoms. The van der Waals surface area contributed by atoms with Crippen LogP contribution in [0.3, 0.4) is 0 Å². The second-order valence-electron chi connectivity index (χ2n) is 4.97. The quantitative estimate of drug-likeness (QED) is 0.797. The first-order valence-corrected chi connectivity index (χ1v) is 8.06. The average molecular weight is 398 g/mol. The minimum Gasteiger partial charge on any atom is -0.370 e. The summed E-state index contributed by atoms with van der Waals surface area (Å²) >= 11 is 7.00. The van der Waals surface area contributed by atoms with Crippen LogP contribution in [-0.4, -0.2) is 7.05 Å². The molecule has 2 N–H and O–H groups in total. The van der Waals surface area contributed by atoms with Gasteiger partial charge in [-0.25, -0.2) is 0 Å². The van der Waals surface area contributed by atoms with Crippen LogP contribution in [0.1, 0.15) is 24.1 Å². The second-order valence-corrected chi connectivity index (χ2v) is 6.81. The lowest BCUT2D eigenvalue weighted by Crippen LogP contribution is -2.20. The topological polar surface area (TPSA) is 29.3 Å². The largest absolute Gasteiger partial charge is 0.370 e. The zero-order chi connectivity index (χ0) is 14.7. The van der Waals surface area contributed by atoms with Crippen molar-refractivity contribution in [3.05, 3.63) is 62.5 Å². The van der Waals surface area contributed by atoms with Crippen molar-refractivity contribution in [2.75, 3.05) is 11.9 Å². The summed E-state index contributed by atoms with van der Waals surface area (Å²) in [6.07, 6.45) is 0. The van der Waals surface area contributed by atoms with Gasteiger partial charge in [-0.15, -0.1) is 0 Å². The first kappa shape index (κ1) is 15.5. The number of nitrogens with zero attached hydrogens (tertiary/aromatic N) is 1. The standard InChI is InChI=1S/C16H18Br2N2/c1-11(19)15-8-7-14(18)9-16(15)20(2)10-12-3-5-13(17)6-4-12/h3-9,11H,10,19H2,1-2H3. The molecule has 0 aliphatic rings. The van der Waals surface area contributed by atoms with Gasteiger partial charge in [0.1, 0.15) is 0 Å². The van der Waals surface area contributed by atoms with Crippen molar-refractivity contribution in [2.24, 2.45) is 5.73 Å². The highest BCUT2D eigenvalue weighted by atomic mass is 79.9. The summed E-state index contributed by atoms with van der Waals surface area (Å²) in [7, 11) is 2.09. The molecule has 0 aliphatic carbocycles. The van der Waals surface area contributed by atoms with Crippen LogP contribution in [0.5, 0.6) is 0 Å². The zero-order valence-electron chi connectivity index (χ0n) is 11.6. The Labute approximate surface area is 137 Å². The summed E-state index contributed by atoms with van der Waals surface area (Å²) in [4.78, 5) is 2.23. The molecule has 20 heavy (non-hydrogen) atoms. The lowest BCUT2D eigenvalue weighted by molar-refractivity contribution is 0.800. The van der Waals surface area contributed by atoms with Gasteiger partial charge in [-0.05, 0) is 42.3 Å². The Morgan fingerprint density at radius 3 is 2.25 bits per heavy atom. The Bertz CT molecular complexity index is 580. The molecule has 106 valence electrons. The highest BCUT2D eigenvalue weighted by Crippen LogP contribution is 2.29. The molecule has 1 atom stereocenters. The summed E-state index contributed by atoms with van der Waals surface area (Å²) in [5, 5.41) is 0. The van der Waals surface area contributed by atoms with Crippen molar-refractivity contribution in [3.63, 3.8) is 0 Å². The molecule has 0 radical (unpaired) electrons. The van der Waals surface area contributed by atoms with Crippen molar-refractivity contribution in [1.82, 2.24) is 0 Å². The average Bonchev–Trinajstić information content (AvgIpc) is 2.41. The number of rotatable bonds is 4. The number of nitrogens with two attached hydrogens (primary N) is 1. The van der Waals surface area contributed by atoms with Gasteiger partial charge in [0.15, 0.2) is 0 Å². The van der Waals surface area contributed by atoms with Gasteiger partial charge in [-0.2, -0.15) is 0 Å². The van der Waals surface area contributed by atoms with Crippen LogP contribution in [-0.2, 0) is 6.54 Å². The number of benzene rings is 2. The fourth-order valence-electron chi connectivity index (χ4n) is 2.18. The van der Waals surface area contributed by atoms with E-state index >= 15 is 0 Å². The minimum atomic E-state index is 0.0190. The Morgan fingerprint density at radius 1 is 1.05 bits per heavy atom. The molecule has 1 unspecified atom stereocenters. The third-order valence-corrected chi connectivity index (χ3v) is 4.25. The molecule has 2 nitrogen and oxygen atoms in total. The van der Waals surface area contributed by atoms with Gasteiger partial charge in [0.05, 0.1) is 0 Å². The van der Waals surface area contributed by atoms with Gasteiger partial charge in [-0.1, -0.05) is 50.1 Å². The van der Waals surface area contributed by atoms with Crippen molar-refractivity contribution < 1.29 is 0 Å². The Morgan fingerprint density at radius 2 is 1.65 bits per heavy atom. The maximum Gasteiger partial charge on any atom is 0.0426 e. The molecule has 0 saturated carbocycles. The van der Waals surface area contributed by atoms with Crippen LogP contribution in [0.4, 0.5) is 5.69 Å². The van der Waals surface area contributed by atoms with Crippen LogP contribution in [0.2, 0.25) is 0 Å². The van der Waals surface area contributed by atoms with Crippen molar-refractivity contribution >= 4 is 37.5 Å². The normalized spacial score (nSPS) is 12.2. The van der Waals surface area contributed by atoms with Gasteiger partial charge >= 0.3 is 0 Å². The van der Waals surface area contributed by atoms with E-state index in [-0.39, 0.29) is 6.04 Å². The molecule has 0 saturated heterocycles. The van der Waals surface area contributed by atoms with Crippen LogP contribution >= 0.6 is 31.9 Å². The predicted octanol–water partition coefficient (Wildman–Crippen LogP) is 4.87. The van der Waals surface area contributed by atoms with Crippen molar-refractivity contribution in [1.29, 1.82) is 0 Å². The fraction of sp³-hybridized carbons (Fsp3) is 0.250. The maximum atomic E-state index is 6.07. The summed E-state index contributed by atoms with van der Waals surface area (Å²) < 4.78 is 2.17. The Hall–Kier alpha value is -0.840. The third kappa shape index (κ3) is 3.84. The SMILES string of the molecule is CC(N)c1ccc(Br)cc1N(C)Cc1ccc(Br)cc1. The fourth-order valence-corrected chi connectivity index (χ4v) is 2.79. The summed E-state index contributed by atoms with van der Waals surface area (Å²) in [6.45, 7) is 2.86. The Kier molecular flexibility index (Phi) is 5.24. The molecule has 0 amide bonds. The van der Waals surface area contributed by atoms with Crippen LogP contribution < -0.4 is 10.6 Å². The number of anilines is 1. The molecule has 2 aromatic carbocycles. The van der Waals surface area contributed by atoms with Crippen molar-refractivity contribution in [3.8, 4) is 0 Å². The van der Waals surface area contributed by atoms with E-state index in [0.29, 0.717) is 0 Å². The summed E-state index contributed by atoms with van der Waals surface area (Å²) in [5.74, 6) is 0. The maximum absolute atomic E-state index is 6.07. The van der Waals surface area contributed by atoms with E-state index in [9.17, 15) is 0 Å². The van der Waals surface area contributed by atoms with Crippen LogP contribution in [0.15, 0.2) is 51.4 Å². The molecule has 0 bridgehead atoms. The van der Waals surface area contributed by atoms with E-state index < -0.39 is 0 Å². The molecule has 0 fully saturated rings. The number of hydrogen-bond donors (Lipinski definition) is 1. The third-order valence-electron chi connectivity index (χ3n) is 3.23. The Balaban J connectivity index is 2.26. The van der Waals surface area contributed by atoms with Crippen LogP contribution in [0.25, 0.3) is 0 Å². The van der Waals surface area contributed by atoms with Gasteiger partial charge in [0, 0.05) is 34.3 Å². The summed E-state index contributed by atoms with van der Waals surface area (Å²) in [6, 6.07) is 14.7. The molecule has 2 rings (SSSR count). The smallest absolute Gasteiger partial charge is 0.0426 e. The zero-order valence-corrected chi connectivity index (χ0v) is 14.8. The first-order chi connectivity index (χ1) is 9.47. The molecular weight excluding hydrogens is 380 g/mol. The first-order valence-electron chi connectivity index (χ1n) is 6.48. The monoisotopic (exact) mass is 396 g/mol. The molecular formula is C16H18Br2N2. The van der Waals surface area contributed by atoms with Gasteiger partial charge < -0.3 is 10.6 Å². The highest BCUT2D eigenvalue weighted by molar-refractivity contribution is 9.10. The lowest BCUT2D eigenvalue weighted by atomic mass is 10.1. The lowest BCUT2D eigenvalue weighted by Gasteiger charge is -2.24. The van der Waals surface area contributed by atoms with Crippen LogP contribution in [0, 0.1) is 0 Å². The predicted molar refractivity (Wildman–Crippen MR) is 93.0 cm³/mol. The minimum absolute atomic E-state index is 0.0190. The molecule has 0 aromatic heterocycles. The van der Waals surface area contributed by atoms with E-state index in [1.165, 1.54) is 5.56 Å². The van der Waals surface area contributed by atoms with Gasteiger partial charge in [0.2, 0.25) is 0 Å². The van der Waals surface area contributed by atoms with E-state index in [0.717, 1.165) is 26.7 Å². The molecule has 4 heteroatoms. The van der Waals surface area contributed by atoms with E-state index in [4.69, 9.17) is 5.73 Å². The van der Waals surface area contributed by atoms with E-state index in [1.54, 1.807) is 0 Å². The number of halogens is 2. The van der Waals surface area contributed by atoms with E-state index in [2.05, 4.69) is 80.2 Å². The van der Waals surface area contributed by atoms with Gasteiger partial charge in [-0.3, -0.25) is 0 Å². The summed E-state index contributed by atoms with van der Waals surface area (Å²) in [5.41, 5.74) is 9.66. The molecule has 0 aliphatic heterocycles. The highest BCUT2D eigenvalue weighted by Gasteiger charge is 2.11. The molecule has 0 heterocycles. The molecule has 2 aromatic rings. The van der Waals surface area contributed by atoms with Gasteiger partial charge in [0.25, 0.3) is 0 Å².